The van der Waals surface area contributed by atoms with Crippen LogP contribution in [-0.2, 0) is 19.6 Å². The van der Waals surface area contributed by atoms with E-state index in [-0.39, 0.29) is 16.5 Å². The summed E-state index contributed by atoms with van der Waals surface area (Å²) in [6, 6.07) is 18.4. The van der Waals surface area contributed by atoms with Crippen molar-refractivity contribution in [2.45, 2.75) is 37.8 Å². The predicted molar refractivity (Wildman–Crippen MR) is 119 cm³/mol. The largest absolute Gasteiger partial charge is 0.449 e. The molecule has 1 amide bonds. The van der Waals surface area contributed by atoms with Crippen LogP contribution in [0.3, 0.4) is 0 Å². The number of anilines is 1. The van der Waals surface area contributed by atoms with Crippen LogP contribution < -0.4 is 10.0 Å². The highest BCUT2D eigenvalue weighted by Gasteiger charge is 2.20. The number of carbonyl (C=O) groups is 2. The fourth-order valence-corrected chi connectivity index (χ4v) is 4.19. The number of amides is 1. The van der Waals surface area contributed by atoms with E-state index in [1.54, 1.807) is 19.9 Å². The zero-order valence-electron chi connectivity index (χ0n) is 17.5. The van der Waals surface area contributed by atoms with Crippen LogP contribution in [0.1, 0.15) is 31.1 Å². The Labute approximate surface area is 181 Å². The number of hydrogen-bond acceptors (Lipinski definition) is 5. The van der Waals surface area contributed by atoms with Crippen LogP contribution in [0, 0.1) is 0 Å². The highest BCUT2D eigenvalue weighted by molar-refractivity contribution is 7.89. The summed E-state index contributed by atoms with van der Waals surface area (Å²) in [6.45, 7) is 4.90. The van der Waals surface area contributed by atoms with Crippen LogP contribution in [0.4, 0.5) is 5.69 Å². The topological polar surface area (TPSA) is 102 Å². The second-order valence-corrected chi connectivity index (χ2v) is 9.11. The molecular weight excluding hydrogens is 416 g/mol. The molecule has 0 bridgehead atoms. The van der Waals surface area contributed by atoms with E-state index in [1.165, 1.54) is 31.2 Å². The van der Waals surface area contributed by atoms with Crippen molar-refractivity contribution >= 4 is 38.4 Å². The summed E-state index contributed by atoms with van der Waals surface area (Å²) in [5.74, 6) is -1.19. The number of sulfonamides is 1. The Kier molecular flexibility index (Phi) is 6.72. The third-order valence-electron chi connectivity index (χ3n) is 4.46. The molecular formula is C23H24N2O5S. The van der Waals surface area contributed by atoms with E-state index in [0.29, 0.717) is 5.69 Å². The molecule has 3 aromatic rings. The Bertz CT molecular complexity index is 1200. The molecule has 0 fully saturated rings. The Hall–Kier alpha value is -3.23. The van der Waals surface area contributed by atoms with Crippen LogP contribution in [0.25, 0.3) is 10.8 Å². The van der Waals surface area contributed by atoms with Gasteiger partial charge in [-0.15, -0.1) is 0 Å². The fourth-order valence-electron chi connectivity index (χ4n) is 2.94. The molecule has 162 valence electrons. The first-order valence-electron chi connectivity index (χ1n) is 9.79. The Morgan fingerprint density at radius 1 is 0.871 bits per heavy atom. The highest BCUT2D eigenvalue weighted by Crippen LogP contribution is 2.19. The monoisotopic (exact) mass is 440 g/mol. The third-order valence-corrected chi connectivity index (χ3v) is 6.14. The van der Waals surface area contributed by atoms with Crippen LogP contribution in [0.2, 0.25) is 0 Å². The van der Waals surface area contributed by atoms with Gasteiger partial charge in [-0.1, -0.05) is 30.3 Å². The van der Waals surface area contributed by atoms with Crippen molar-refractivity contribution in [1.82, 2.24) is 4.72 Å². The summed E-state index contributed by atoms with van der Waals surface area (Å²) < 4.78 is 32.0. The molecule has 0 aliphatic carbocycles. The first-order valence-corrected chi connectivity index (χ1v) is 11.3. The van der Waals surface area contributed by atoms with Crippen molar-refractivity contribution in [2.75, 3.05) is 5.32 Å². The number of hydrogen-bond donors (Lipinski definition) is 2. The zero-order chi connectivity index (χ0) is 22.6. The van der Waals surface area contributed by atoms with E-state index >= 15 is 0 Å². The molecule has 3 rings (SSSR count). The SMILES string of the molecule is CC(C)NS(=O)(=O)c1ccc(C(=O)OC(C)C(=O)Nc2ccc3ccccc3c2)cc1. The van der Waals surface area contributed by atoms with E-state index in [4.69, 9.17) is 4.74 Å². The Morgan fingerprint density at radius 3 is 2.16 bits per heavy atom. The molecule has 0 saturated carbocycles. The maximum atomic E-state index is 12.4. The van der Waals surface area contributed by atoms with E-state index in [0.717, 1.165) is 10.8 Å². The molecule has 7 nitrogen and oxygen atoms in total. The van der Waals surface area contributed by atoms with E-state index in [2.05, 4.69) is 10.0 Å². The summed E-state index contributed by atoms with van der Waals surface area (Å²) >= 11 is 0. The molecule has 1 atom stereocenters. The highest BCUT2D eigenvalue weighted by atomic mass is 32.2. The smallest absolute Gasteiger partial charge is 0.338 e. The minimum Gasteiger partial charge on any atom is -0.449 e. The third kappa shape index (κ3) is 5.68. The quantitative estimate of drug-likeness (QED) is 0.546. The summed E-state index contributed by atoms with van der Waals surface area (Å²) in [4.78, 5) is 24.8. The molecule has 0 radical (unpaired) electrons. The lowest BCUT2D eigenvalue weighted by Crippen LogP contribution is -2.30. The molecule has 0 aliphatic rings. The van der Waals surface area contributed by atoms with Crippen molar-refractivity contribution in [3.05, 3.63) is 72.3 Å². The minimum atomic E-state index is -3.66. The van der Waals surface area contributed by atoms with Crippen LogP contribution >= 0.6 is 0 Å². The van der Waals surface area contributed by atoms with Crippen molar-refractivity contribution in [2.24, 2.45) is 0 Å². The summed E-state index contributed by atoms with van der Waals surface area (Å²) in [6.07, 6.45) is -1.04. The van der Waals surface area contributed by atoms with Gasteiger partial charge in [0, 0.05) is 11.7 Å². The Morgan fingerprint density at radius 2 is 1.52 bits per heavy atom. The molecule has 0 heterocycles. The van der Waals surface area contributed by atoms with Crippen molar-refractivity contribution in [3.8, 4) is 0 Å². The lowest BCUT2D eigenvalue weighted by Gasteiger charge is -2.14. The van der Waals surface area contributed by atoms with Crippen LogP contribution in [0.5, 0.6) is 0 Å². The van der Waals surface area contributed by atoms with Gasteiger partial charge in [-0.2, -0.15) is 0 Å². The van der Waals surface area contributed by atoms with Gasteiger partial charge in [0.05, 0.1) is 10.5 Å². The minimum absolute atomic E-state index is 0.0415. The number of fused-ring (bicyclic) bond motifs is 1. The number of esters is 1. The van der Waals surface area contributed by atoms with Gasteiger partial charge in [0.15, 0.2) is 6.10 Å². The van der Waals surface area contributed by atoms with Crippen LogP contribution in [-0.4, -0.2) is 32.4 Å². The molecule has 31 heavy (non-hydrogen) atoms. The second kappa shape index (κ2) is 9.28. The maximum absolute atomic E-state index is 12.4. The average Bonchev–Trinajstić information content (AvgIpc) is 2.72. The molecule has 3 aromatic carbocycles. The number of rotatable bonds is 7. The summed E-state index contributed by atoms with van der Waals surface area (Å²) in [7, 11) is -3.66. The molecule has 0 aromatic heterocycles. The Balaban J connectivity index is 1.63. The van der Waals surface area contributed by atoms with E-state index < -0.39 is 28.0 Å². The number of nitrogens with one attached hydrogen (secondary N) is 2. The van der Waals surface area contributed by atoms with Gasteiger partial charge >= 0.3 is 5.97 Å². The molecule has 1 unspecified atom stereocenters. The maximum Gasteiger partial charge on any atom is 0.338 e. The van der Waals surface area contributed by atoms with Gasteiger partial charge in [-0.05, 0) is 67.9 Å². The molecule has 2 N–H and O–H groups in total. The van der Waals surface area contributed by atoms with E-state index in [1.807, 2.05) is 36.4 Å². The number of ether oxygens (including phenoxy) is 1. The van der Waals surface area contributed by atoms with Gasteiger partial charge in [0.2, 0.25) is 10.0 Å². The summed E-state index contributed by atoms with van der Waals surface area (Å²) in [5, 5.41) is 4.76. The lowest BCUT2D eigenvalue weighted by molar-refractivity contribution is -0.123. The number of benzene rings is 3. The molecule has 0 aliphatic heterocycles. The predicted octanol–water partition coefficient (Wildman–Crippen LogP) is 3.71. The van der Waals surface area contributed by atoms with Crippen molar-refractivity contribution in [3.63, 3.8) is 0 Å². The fraction of sp³-hybridized carbons (Fsp3) is 0.217. The van der Waals surface area contributed by atoms with Gasteiger partial charge in [-0.3, -0.25) is 4.79 Å². The average molecular weight is 441 g/mol. The van der Waals surface area contributed by atoms with Crippen molar-refractivity contribution < 1.29 is 22.7 Å². The lowest BCUT2D eigenvalue weighted by atomic mass is 10.1. The molecule has 8 heteroatoms. The van der Waals surface area contributed by atoms with Crippen molar-refractivity contribution in [1.29, 1.82) is 0 Å². The van der Waals surface area contributed by atoms with Crippen LogP contribution in [0.15, 0.2) is 71.6 Å². The van der Waals surface area contributed by atoms with Gasteiger partial charge in [-0.25, -0.2) is 17.9 Å². The van der Waals surface area contributed by atoms with Gasteiger partial charge in [0.1, 0.15) is 0 Å². The number of carbonyl (C=O) groups excluding carboxylic acids is 2. The van der Waals surface area contributed by atoms with Gasteiger partial charge in [0.25, 0.3) is 5.91 Å². The standard InChI is InChI=1S/C23H24N2O5S/c1-15(2)25-31(28,29)21-12-9-18(10-13-21)23(27)30-16(3)22(26)24-20-11-8-17-6-4-5-7-19(17)14-20/h4-16,25H,1-3H3,(H,24,26). The zero-order valence-corrected chi connectivity index (χ0v) is 18.3. The molecule has 0 spiro atoms. The van der Waals surface area contributed by atoms with E-state index in [9.17, 15) is 18.0 Å². The van der Waals surface area contributed by atoms with Gasteiger partial charge < -0.3 is 10.1 Å². The second-order valence-electron chi connectivity index (χ2n) is 7.40. The normalized spacial score (nSPS) is 12.5. The molecule has 0 saturated heterocycles. The first-order chi connectivity index (χ1) is 14.7. The summed E-state index contributed by atoms with van der Waals surface area (Å²) in [5.41, 5.74) is 0.743. The first kappa shape index (κ1) is 22.5.